The Balaban J connectivity index is 1.52. The molecule has 5 aromatic rings. The highest BCUT2D eigenvalue weighted by Gasteiger charge is 2.30. The van der Waals surface area contributed by atoms with E-state index in [0.29, 0.717) is 60.1 Å². The molecule has 0 bridgehead atoms. The van der Waals surface area contributed by atoms with Crippen LogP contribution >= 0.6 is 12.6 Å². The molecule has 190 valence electrons. The summed E-state index contributed by atoms with van der Waals surface area (Å²) < 4.78 is 22.6. The number of morpholine rings is 1. The van der Waals surface area contributed by atoms with Crippen molar-refractivity contribution in [3.63, 3.8) is 0 Å². The minimum absolute atomic E-state index is 0.172. The number of ether oxygens (including phenoxy) is 1. The van der Waals surface area contributed by atoms with Crippen molar-refractivity contribution < 1.29 is 9.13 Å². The molecule has 0 saturated carbocycles. The molecule has 1 unspecified atom stereocenters. The number of fused-ring (bicyclic) bond motifs is 2. The molecule has 0 amide bonds. The fourth-order valence-corrected chi connectivity index (χ4v) is 4.81. The first-order chi connectivity index (χ1) is 17.8. The maximum absolute atomic E-state index is 15.6. The third kappa shape index (κ3) is 4.09. The molecule has 6 rings (SSSR count). The lowest BCUT2D eigenvalue weighted by atomic mass is 10.1. The summed E-state index contributed by atoms with van der Waals surface area (Å²) in [6, 6.07) is 5.15. The highest BCUT2D eigenvalue weighted by molar-refractivity contribution is 7.81. The quantitative estimate of drug-likeness (QED) is 0.205. The molecule has 1 aliphatic heterocycles. The molecule has 1 aromatic carbocycles. The number of benzene rings is 1. The van der Waals surface area contributed by atoms with Crippen molar-refractivity contribution in [1.29, 1.82) is 0 Å². The smallest absolute Gasteiger partial charge is 0.261 e. The van der Waals surface area contributed by atoms with Gasteiger partial charge in [-0.05, 0) is 25.1 Å². The Hall–Kier alpha value is -3.97. The average Bonchev–Trinajstić information content (AvgIpc) is 3.48. The van der Waals surface area contributed by atoms with E-state index in [9.17, 15) is 4.79 Å². The normalized spacial score (nSPS) is 15.8. The predicted octanol–water partition coefficient (Wildman–Crippen LogP) is 2.79. The Kier molecular flexibility index (Phi) is 5.60. The number of thiol groups is 1. The van der Waals surface area contributed by atoms with Crippen LogP contribution in [0.4, 0.5) is 15.8 Å². The van der Waals surface area contributed by atoms with Crippen molar-refractivity contribution in [3.8, 4) is 11.4 Å². The van der Waals surface area contributed by atoms with Crippen molar-refractivity contribution in [2.45, 2.75) is 11.8 Å². The van der Waals surface area contributed by atoms with Gasteiger partial charge in [0.25, 0.3) is 5.56 Å². The molecule has 11 nitrogen and oxygen atoms in total. The Morgan fingerprint density at radius 3 is 2.70 bits per heavy atom. The fraction of sp³-hybridized carbons (Fsp3) is 0.292. The molecule has 1 fully saturated rings. The molecule has 13 heteroatoms. The van der Waals surface area contributed by atoms with E-state index < -0.39 is 16.2 Å². The van der Waals surface area contributed by atoms with Crippen LogP contribution in [-0.2, 0) is 16.7 Å². The first kappa shape index (κ1) is 23.4. The van der Waals surface area contributed by atoms with Crippen molar-refractivity contribution >= 4 is 46.1 Å². The van der Waals surface area contributed by atoms with Gasteiger partial charge in [-0.25, -0.2) is 19.3 Å². The minimum atomic E-state index is -1.07. The van der Waals surface area contributed by atoms with Gasteiger partial charge in [-0.1, -0.05) is 0 Å². The molecule has 3 N–H and O–H groups in total. The molecular weight excluding hydrogens is 497 g/mol. The lowest BCUT2D eigenvalue weighted by Gasteiger charge is -2.29. The number of halogens is 1. The van der Waals surface area contributed by atoms with Gasteiger partial charge in [-0.3, -0.25) is 9.48 Å². The summed E-state index contributed by atoms with van der Waals surface area (Å²) in [5, 5.41) is 7.83. The van der Waals surface area contributed by atoms with E-state index in [0.717, 1.165) is 0 Å². The second kappa shape index (κ2) is 8.85. The minimum Gasteiger partial charge on any atom is -0.378 e. The van der Waals surface area contributed by atoms with Crippen molar-refractivity contribution in [2.24, 2.45) is 7.05 Å². The maximum atomic E-state index is 15.6. The monoisotopic (exact) mass is 521 g/mol. The molecule has 0 aliphatic carbocycles. The topological polar surface area (TPSA) is 130 Å². The second-order valence-corrected chi connectivity index (χ2v) is 9.91. The van der Waals surface area contributed by atoms with Crippen LogP contribution in [0.2, 0.25) is 0 Å². The number of nitrogens with zero attached hydrogens (tertiary/aromatic N) is 6. The van der Waals surface area contributed by atoms with Gasteiger partial charge >= 0.3 is 0 Å². The van der Waals surface area contributed by atoms with Crippen LogP contribution in [0.25, 0.3) is 33.5 Å². The van der Waals surface area contributed by atoms with Crippen LogP contribution in [-0.4, -0.2) is 61.0 Å². The largest absolute Gasteiger partial charge is 0.378 e. The first-order valence-electron chi connectivity index (χ1n) is 11.7. The molecule has 1 atom stereocenters. The van der Waals surface area contributed by atoms with E-state index in [4.69, 9.17) is 17.4 Å². The van der Waals surface area contributed by atoms with Crippen LogP contribution < -0.4 is 15.8 Å². The first-order valence-corrected chi connectivity index (χ1v) is 12.2. The average molecular weight is 522 g/mol. The van der Waals surface area contributed by atoms with Crippen molar-refractivity contribution in [2.75, 3.05) is 36.5 Å². The van der Waals surface area contributed by atoms with E-state index in [-0.39, 0.29) is 16.9 Å². The van der Waals surface area contributed by atoms with E-state index >= 15 is 4.39 Å². The van der Waals surface area contributed by atoms with Gasteiger partial charge in [0.05, 0.1) is 35.6 Å². The Morgan fingerprint density at radius 2 is 1.95 bits per heavy atom. The van der Waals surface area contributed by atoms with Gasteiger partial charge in [-0.2, -0.15) is 5.10 Å². The van der Waals surface area contributed by atoms with Gasteiger partial charge in [0.2, 0.25) is 0 Å². The SMILES string of the molecule is Cn1cc2[nH]c(=O)c(-c3nc4ccc(N5CCOCC5)c(F)c4[nH]3)c(NC(C)(S)c3ncccn3)c2n1. The Morgan fingerprint density at radius 1 is 1.19 bits per heavy atom. The number of hydrogen-bond acceptors (Lipinski definition) is 9. The number of imidazole rings is 1. The molecule has 1 aliphatic rings. The van der Waals surface area contributed by atoms with Crippen LogP contribution in [0.1, 0.15) is 12.7 Å². The number of H-pyrrole nitrogens is 2. The molecule has 37 heavy (non-hydrogen) atoms. The Bertz CT molecular complexity index is 1670. The van der Waals surface area contributed by atoms with Gasteiger partial charge in [0, 0.05) is 38.7 Å². The van der Waals surface area contributed by atoms with Crippen LogP contribution in [0.5, 0.6) is 0 Å². The zero-order valence-corrected chi connectivity index (χ0v) is 21.0. The van der Waals surface area contributed by atoms with E-state index in [2.05, 4.69) is 35.3 Å². The van der Waals surface area contributed by atoms with Gasteiger partial charge in [-0.15, -0.1) is 12.6 Å². The molecule has 0 radical (unpaired) electrons. The number of anilines is 2. The van der Waals surface area contributed by atoms with Crippen molar-refractivity contribution in [3.05, 3.63) is 58.8 Å². The molecule has 5 heterocycles. The maximum Gasteiger partial charge on any atom is 0.261 e. The van der Waals surface area contributed by atoms with Crippen molar-refractivity contribution in [1.82, 2.24) is 34.7 Å². The highest BCUT2D eigenvalue weighted by Crippen LogP contribution is 2.36. The van der Waals surface area contributed by atoms with E-state index in [1.165, 1.54) is 0 Å². The lowest BCUT2D eigenvalue weighted by Crippen LogP contribution is -2.36. The number of pyridine rings is 1. The van der Waals surface area contributed by atoms with Crippen LogP contribution in [0, 0.1) is 5.82 Å². The Labute approximate surface area is 215 Å². The highest BCUT2D eigenvalue weighted by atomic mass is 32.1. The summed E-state index contributed by atoms with van der Waals surface area (Å²) in [6.45, 7) is 4.03. The number of aromatic amines is 2. The summed E-state index contributed by atoms with van der Waals surface area (Å²) in [6.07, 6.45) is 4.93. The standard InChI is InChI=1S/C24H24FN9O2S/c1-24(37,23-26-6-3-7-27-23)31-20-16(22(35)29-14-12-33(2)32-19(14)20)21-28-13-4-5-15(17(25)18(13)30-21)34-8-10-36-11-9-34/h3-7,12,31,37H,8-11H2,1-2H3,(H,28,30)(H,29,35). The molecular formula is C24H24FN9O2S. The molecule has 0 spiro atoms. The van der Waals surface area contributed by atoms with Gasteiger partial charge in [0.15, 0.2) is 11.6 Å². The van der Waals surface area contributed by atoms with Gasteiger partial charge in [0.1, 0.15) is 27.3 Å². The van der Waals surface area contributed by atoms with E-state index in [1.54, 1.807) is 55.4 Å². The third-order valence-electron chi connectivity index (χ3n) is 6.32. The molecule has 1 saturated heterocycles. The third-order valence-corrected chi connectivity index (χ3v) is 6.64. The zero-order valence-electron chi connectivity index (χ0n) is 20.1. The van der Waals surface area contributed by atoms with Crippen LogP contribution in [0.3, 0.4) is 0 Å². The zero-order chi connectivity index (χ0) is 25.7. The molecule has 4 aromatic heterocycles. The van der Waals surface area contributed by atoms with E-state index in [1.807, 2.05) is 4.90 Å². The second-order valence-electron chi connectivity index (χ2n) is 9.02. The lowest BCUT2D eigenvalue weighted by molar-refractivity contribution is 0.122. The number of aryl methyl sites for hydroxylation is 1. The number of nitrogens with one attached hydrogen (secondary N) is 3. The van der Waals surface area contributed by atoms with Crippen LogP contribution in [0.15, 0.2) is 41.6 Å². The summed E-state index contributed by atoms with van der Waals surface area (Å²) in [4.78, 5) is 33.4. The number of aromatic nitrogens is 7. The summed E-state index contributed by atoms with van der Waals surface area (Å²) in [7, 11) is 1.76. The summed E-state index contributed by atoms with van der Waals surface area (Å²) >= 11 is 4.76. The predicted molar refractivity (Wildman–Crippen MR) is 141 cm³/mol. The summed E-state index contributed by atoms with van der Waals surface area (Å²) in [5.41, 5.74) is 2.21. The van der Waals surface area contributed by atoms with Gasteiger partial charge < -0.3 is 24.9 Å². The summed E-state index contributed by atoms with van der Waals surface area (Å²) in [5.74, 6) is 0.168. The number of hydrogen-bond donors (Lipinski definition) is 4. The fourth-order valence-electron chi connectivity index (χ4n) is 4.58. The number of rotatable bonds is 5.